The molecule has 1 fully saturated rings. The zero-order valence-corrected chi connectivity index (χ0v) is 7.75. The van der Waals surface area contributed by atoms with Crippen molar-refractivity contribution >= 4 is 17.9 Å². The maximum atomic E-state index is 10.3. The van der Waals surface area contributed by atoms with Crippen LogP contribution in [0.4, 0.5) is 4.79 Å². The van der Waals surface area contributed by atoms with Gasteiger partial charge in [0.25, 0.3) is 0 Å². The number of hydrogen-bond donors (Lipinski definition) is 2. The molecule has 12 heavy (non-hydrogen) atoms. The second kappa shape index (κ2) is 4.00. The Morgan fingerprint density at radius 1 is 1.75 bits per heavy atom. The summed E-state index contributed by atoms with van der Waals surface area (Å²) in [6.45, 7) is 2.96. The van der Waals surface area contributed by atoms with E-state index in [-0.39, 0.29) is 5.44 Å². The molecule has 1 atom stereocenters. The number of aliphatic hydroxyl groups excluding tert-OH is 1. The predicted molar refractivity (Wildman–Crippen MR) is 47.2 cm³/mol. The molecule has 5 heteroatoms. The zero-order chi connectivity index (χ0) is 9.14. The van der Waals surface area contributed by atoms with Crippen LogP contribution in [0.15, 0.2) is 0 Å². The van der Waals surface area contributed by atoms with Gasteiger partial charge in [-0.3, -0.25) is 0 Å². The average molecular weight is 191 g/mol. The number of rotatable bonds is 3. The fourth-order valence-electron chi connectivity index (χ4n) is 1.11. The molecule has 0 saturated carbocycles. The van der Waals surface area contributed by atoms with Crippen molar-refractivity contribution in [1.29, 1.82) is 0 Å². The molecule has 0 bridgehead atoms. The Bertz CT molecular complexity index is 168. The first-order valence-electron chi connectivity index (χ1n) is 3.87. The third kappa shape index (κ3) is 2.57. The lowest BCUT2D eigenvalue weighted by Gasteiger charge is -2.36. The van der Waals surface area contributed by atoms with E-state index in [9.17, 15) is 4.79 Å². The summed E-state index contributed by atoms with van der Waals surface area (Å²) in [5, 5.41) is 17.4. The molecular weight excluding hydrogens is 178 g/mol. The summed E-state index contributed by atoms with van der Waals surface area (Å²) in [5.74, 6) is 1.28. The van der Waals surface area contributed by atoms with Crippen molar-refractivity contribution in [1.82, 2.24) is 4.90 Å². The summed E-state index contributed by atoms with van der Waals surface area (Å²) in [5.41, 5.74) is -0.344. The molecule has 4 nitrogen and oxygen atoms in total. The van der Waals surface area contributed by atoms with Crippen molar-refractivity contribution in [3.8, 4) is 0 Å². The smallest absolute Gasteiger partial charge is 0.407 e. The van der Waals surface area contributed by atoms with E-state index in [1.54, 1.807) is 6.92 Å². The molecule has 0 aromatic rings. The fraction of sp³-hybridized carbons (Fsp3) is 0.857. The summed E-state index contributed by atoms with van der Waals surface area (Å²) >= 11 is 1.46. The second-order valence-electron chi connectivity index (χ2n) is 2.99. The van der Waals surface area contributed by atoms with E-state index < -0.39 is 6.09 Å². The number of carbonyl (C=O) groups is 1. The Morgan fingerprint density at radius 2 is 2.33 bits per heavy atom. The highest BCUT2D eigenvalue weighted by Gasteiger charge is 2.30. The lowest BCUT2D eigenvalue weighted by atomic mass is 10.0. The number of hydrogen-bond acceptors (Lipinski definition) is 3. The third-order valence-corrected chi connectivity index (χ3v) is 2.95. The highest BCUT2D eigenvalue weighted by atomic mass is 32.2. The summed E-state index contributed by atoms with van der Waals surface area (Å²) in [7, 11) is 0. The molecule has 1 unspecified atom stereocenters. The van der Waals surface area contributed by atoms with Crippen LogP contribution in [0.1, 0.15) is 6.92 Å². The molecule has 1 rings (SSSR count). The van der Waals surface area contributed by atoms with Crippen molar-refractivity contribution < 1.29 is 15.0 Å². The maximum absolute atomic E-state index is 10.3. The van der Waals surface area contributed by atoms with Crippen molar-refractivity contribution in [2.24, 2.45) is 5.92 Å². The molecule has 0 spiro atoms. The number of aliphatic hydroxyl groups is 1. The Kier molecular flexibility index (Phi) is 3.22. The van der Waals surface area contributed by atoms with Gasteiger partial charge in [0.2, 0.25) is 0 Å². The van der Waals surface area contributed by atoms with Gasteiger partial charge < -0.3 is 15.1 Å². The predicted octanol–water partition coefficient (Wildman–Crippen LogP) is 0.668. The van der Waals surface area contributed by atoms with E-state index >= 15 is 0 Å². The highest BCUT2D eigenvalue weighted by molar-refractivity contribution is 7.99. The minimum absolute atomic E-state index is 0.344. The van der Waals surface area contributed by atoms with E-state index in [1.165, 1.54) is 16.7 Å². The number of likely N-dealkylation sites (tertiary alicyclic amines) is 1. The van der Waals surface area contributed by atoms with E-state index in [1.807, 2.05) is 0 Å². The van der Waals surface area contributed by atoms with Crippen molar-refractivity contribution in [3.05, 3.63) is 0 Å². The van der Waals surface area contributed by atoms with Gasteiger partial charge in [-0.2, -0.15) is 0 Å². The van der Waals surface area contributed by atoms with E-state index in [0.717, 1.165) is 5.75 Å². The van der Waals surface area contributed by atoms with Crippen LogP contribution in [0.25, 0.3) is 0 Å². The van der Waals surface area contributed by atoms with Crippen LogP contribution in [0.3, 0.4) is 0 Å². The summed E-state index contributed by atoms with van der Waals surface area (Å²) in [4.78, 5) is 11.7. The Morgan fingerprint density at radius 3 is 2.75 bits per heavy atom. The van der Waals surface area contributed by atoms with Crippen LogP contribution in [0.5, 0.6) is 0 Å². The topological polar surface area (TPSA) is 60.8 Å². The number of nitrogens with zero attached hydrogens (tertiary/aromatic N) is 1. The first-order chi connectivity index (χ1) is 5.59. The summed E-state index contributed by atoms with van der Waals surface area (Å²) < 4.78 is 0. The van der Waals surface area contributed by atoms with Gasteiger partial charge in [-0.1, -0.05) is 0 Å². The average Bonchev–Trinajstić information content (AvgIpc) is 1.82. The van der Waals surface area contributed by atoms with E-state index in [2.05, 4.69) is 0 Å². The van der Waals surface area contributed by atoms with Crippen LogP contribution >= 0.6 is 11.8 Å². The number of amides is 1. The van der Waals surface area contributed by atoms with Crippen LogP contribution in [0.2, 0.25) is 0 Å². The first-order valence-corrected chi connectivity index (χ1v) is 4.92. The Hall–Kier alpha value is -0.420. The normalized spacial score (nSPS) is 20.3. The molecule has 0 aromatic carbocycles. The second-order valence-corrected chi connectivity index (χ2v) is 4.34. The SMILES string of the molecule is CC(O)SCC1CN(C(=O)O)C1. The van der Waals surface area contributed by atoms with Gasteiger partial charge in [0.05, 0.1) is 5.44 Å². The van der Waals surface area contributed by atoms with Gasteiger partial charge in [-0.15, -0.1) is 11.8 Å². The van der Waals surface area contributed by atoms with Crippen molar-refractivity contribution in [2.75, 3.05) is 18.8 Å². The van der Waals surface area contributed by atoms with E-state index in [0.29, 0.717) is 19.0 Å². The molecule has 0 aromatic heterocycles. The van der Waals surface area contributed by atoms with Crippen LogP contribution < -0.4 is 0 Å². The molecule has 2 N–H and O–H groups in total. The molecule has 1 aliphatic rings. The molecule has 70 valence electrons. The number of thioether (sulfide) groups is 1. The monoisotopic (exact) mass is 191 g/mol. The Labute approximate surface area is 75.6 Å². The van der Waals surface area contributed by atoms with E-state index in [4.69, 9.17) is 10.2 Å². The quantitative estimate of drug-likeness (QED) is 0.644. The largest absolute Gasteiger partial charge is 0.465 e. The van der Waals surface area contributed by atoms with Gasteiger partial charge in [-0.25, -0.2) is 4.79 Å². The van der Waals surface area contributed by atoms with Gasteiger partial charge in [0.1, 0.15) is 0 Å². The standard InChI is InChI=1S/C7H13NO3S/c1-5(9)12-4-6-2-8(3-6)7(10)11/h5-6,9H,2-4H2,1H3,(H,10,11). The molecule has 1 aliphatic heterocycles. The molecule has 1 heterocycles. The van der Waals surface area contributed by atoms with Crippen LogP contribution in [-0.2, 0) is 0 Å². The highest BCUT2D eigenvalue weighted by Crippen LogP contribution is 2.21. The maximum Gasteiger partial charge on any atom is 0.407 e. The minimum Gasteiger partial charge on any atom is -0.465 e. The number of carboxylic acid groups (broad SMARTS) is 1. The lowest BCUT2D eigenvalue weighted by Crippen LogP contribution is -2.50. The molecular formula is C7H13NO3S. The molecule has 0 radical (unpaired) electrons. The molecule has 0 aliphatic carbocycles. The zero-order valence-electron chi connectivity index (χ0n) is 6.93. The summed E-state index contributed by atoms with van der Waals surface area (Å²) in [6, 6.07) is 0. The molecule has 1 saturated heterocycles. The fourth-order valence-corrected chi connectivity index (χ4v) is 1.87. The van der Waals surface area contributed by atoms with Gasteiger partial charge >= 0.3 is 6.09 Å². The minimum atomic E-state index is -0.840. The van der Waals surface area contributed by atoms with Crippen molar-refractivity contribution in [2.45, 2.75) is 12.4 Å². The summed E-state index contributed by atoms with van der Waals surface area (Å²) in [6.07, 6.45) is -0.840. The Balaban J connectivity index is 2.06. The van der Waals surface area contributed by atoms with Crippen LogP contribution in [-0.4, -0.2) is 45.5 Å². The van der Waals surface area contributed by atoms with Crippen LogP contribution in [0, 0.1) is 5.92 Å². The van der Waals surface area contributed by atoms with Gasteiger partial charge in [-0.05, 0) is 6.92 Å². The first kappa shape index (κ1) is 9.67. The lowest BCUT2D eigenvalue weighted by molar-refractivity contribution is 0.0899. The van der Waals surface area contributed by atoms with Gasteiger partial charge in [0, 0.05) is 24.8 Å². The van der Waals surface area contributed by atoms with Gasteiger partial charge in [0.15, 0.2) is 0 Å². The molecule has 1 amide bonds. The third-order valence-electron chi connectivity index (χ3n) is 1.80. The van der Waals surface area contributed by atoms with Crippen molar-refractivity contribution in [3.63, 3.8) is 0 Å².